The monoisotopic (exact) mass is 366 g/mol. The van der Waals surface area contributed by atoms with E-state index in [-0.39, 0.29) is 0 Å². The molecule has 0 spiro atoms. The summed E-state index contributed by atoms with van der Waals surface area (Å²) in [5, 5.41) is 9.35. The first kappa shape index (κ1) is 16.2. The van der Waals surface area contributed by atoms with E-state index in [2.05, 4.69) is 17.1 Å². The van der Waals surface area contributed by atoms with Gasteiger partial charge in [0.15, 0.2) is 8.68 Å². The van der Waals surface area contributed by atoms with Crippen LogP contribution in [-0.2, 0) is 0 Å². The zero-order chi connectivity index (χ0) is 14.4. The number of ether oxygens (including phenoxy) is 1. The molecule has 0 bridgehead atoms. The van der Waals surface area contributed by atoms with Gasteiger partial charge in [-0.15, -0.1) is 10.2 Å². The lowest BCUT2D eigenvalue weighted by atomic mass is 10.3. The summed E-state index contributed by atoms with van der Waals surface area (Å²) in [6.07, 6.45) is 0. The molecule has 0 saturated heterocycles. The standard InChI is InChI=1S/C12H12Cl2N2OS3/c1-2-18-11-15-16-12(20-11)19-6-5-17-10-4-3-8(13)7-9(10)14/h3-4,7H,2,5-6H2,1H3. The van der Waals surface area contributed by atoms with Gasteiger partial charge in [-0.05, 0) is 24.0 Å². The average molecular weight is 367 g/mol. The van der Waals surface area contributed by atoms with Crippen molar-refractivity contribution in [3.63, 3.8) is 0 Å². The molecule has 0 radical (unpaired) electrons. The van der Waals surface area contributed by atoms with Crippen LogP contribution in [0.4, 0.5) is 0 Å². The van der Waals surface area contributed by atoms with Gasteiger partial charge in [0.2, 0.25) is 0 Å². The molecule has 8 heteroatoms. The van der Waals surface area contributed by atoms with Crippen LogP contribution in [0.2, 0.25) is 10.0 Å². The minimum Gasteiger partial charge on any atom is -0.491 e. The Kier molecular flexibility index (Phi) is 6.77. The second kappa shape index (κ2) is 8.34. The molecule has 0 aliphatic carbocycles. The molecule has 1 aromatic carbocycles. The topological polar surface area (TPSA) is 35.0 Å². The summed E-state index contributed by atoms with van der Waals surface area (Å²) in [4.78, 5) is 0. The fraction of sp³-hybridized carbons (Fsp3) is 0.333. The minimum absolute atomic E-state index is 0.528. The first-order valence-corrected chi connectivity index (χ1v) is 9.40. The van der Waals surface area contributed by atoms with E-state index in [1.165, 1.54) is 0 Å². The summed E-state index contributed by atoms with van der Waals surface area (Å²) in [7, 11) is 0. The van der Waals surface area contributed by atoms with Crippen molar-refractivity contribution in [3.05, 3.63) is 28.2 Å². The predicted octanol–water partition coefficient (Wildman–Crippen LogP) is 5.13. The molecule has 0 saturated carbocycles. The quantitative estimate of drug-likeness (QED) is 0.501. The number of thioether (sulfide) groups is 2. The van der Waals surface area contributed by atoms with E-state index < -0.39 is 0 Å². The number of hydrogen-bond acceptors (Lipinski definition) is 6. The Balaban J connectivity index is 1.75. The lowest BCUT2D eigenvalue weighted by Crippen LogP contribution is -2.00. The van der Waals surface area contributed by atoms with E-state index in [9.17, 15) is 0 Å². The molecule has 1 aromatic heterocycles. The highest BCUT2D eigenvalue weighted by atomic mass is 35.5. The van der Waals surface area contributed by atoms with Crippen molar-refractivity contribution in [2.75, 3.05) is 18.1 Å². The van der Waals surface area contributed by atoms with Crippen molar-refractivity contribution < 1.29 is 4.74 Å². The molecule has 0 unspecified atom stereocenters. The van der Waals surface area contributed by atoms with Crippen molar-refractivity contribution in [3.8, 4) is 5.75 Å². The smallest absolute Gasteiger partial charge is 0.175 e. The fourth-order valence-electron chi connectivity index (χ4n) is 1.31. The first-order valence-electron chi connectivity index (χ1n) is 5.86. The highest BCUT2D eigenvalue weighted by Gasteiger charge is 2.06. The first-order chi connectivity index (χ1) is 9.69. The third-order valence-electron chi connectivity index (χ3n) is 2.12. The molecule has 2 rings (SSSR count). The number of rotatable bonds is 7. The van der Waals surface area contributed by atoms with Gasteiger partial charge in [-0.25, -0.2) is 0 Å². The van der Waals surface area contributed by atoms with Gasteiger partial charge in [-0.1, -0.05) is 65.0 Å². The molecule has 0 amide bonds. The van der Waals surface area contributed by atoms with Crippen LogP contribution in [0.5, 0.6) is 5.75 Å². The molecule has 1 heterocycles. The molecule has 0 atom stereocenters. The maximum atomic E-state index is 6.02. The van der Waals surface area contributed by atoms with Crippen LogP contribution in [-0.4, -0.2) is 28.3 Å². The number of benzene rings is 1. The van der Waals surface area contributed by atoms with E-state index in [1.54, 1.807) is 53.1 Å². The van der Waals surface area contributed by atoms with E-state index >= 15 is 0 Å². The number of hydrogen-bond donors (Lipinski definition) is 0. The van der Waals surface area contributed by atoms with Gasteiger partial charge in [0.25, 0.3) is 0 Å². The lowest BCUT2D eigenvalue weighted by molar-refractivity contribution is 0.344. The van der Waals surface area contributed by atoms with Crippen LogP contribution in [0.15, 0.2) is 26.9 Å². The summed E-state index contributed by atoms with van der Waals surface area (Å²) in [6, 6.07) is 5.20. The van der Waals surface area contributed by atoms with Crippen molar-refractivity contribution in [1.29, 1.82) is 0 Å². The summed E-state index contributed by atoms with van der Waals surface area (Å²) in [6.45, 7) is 2.66. The van der Waals surface area contributed by atoms with E-state index in [0.717, 1.165) is 20.2 Å². The summed E-state index contributed by atoms with van der Waals surface area (Å²) < 4.78 is 7.58. The second-order valence-corrected chi connectivity index (χ2v) is 8.21. The van der Waals surface area contributed by atoms with Gasteiger partial charge in [-0.2, -0.15) is 0 Å². The van der Waals surface area contributed by atoms with Crippen LogP contribution >= 0.6 is 58.1 Å². The van der Waals surface area contributed by atoms with E-state index in [1.807, 2.05) is 0 Å². The van der Waals surface area contributed by atoms with Crippen LogP contribution in [0.3, 0.4) is 0 Å². The maximum Gasteiger partial charge on any atom is 0.175 e. The van der Waals surface area contributed by atoms with Crippen LogP contribution in [0, 0.1) is 0 Å². The zero-order valence-electron chi connectivity index (χ0n) is 10.6. The predicted molar refractivity (Wildman–Crippen MR) is 89.0 cm³/mol. The normalized spacial score (nSPS) is 10.8. The van der Waals surface area contributed by atoms with Crippen LogP contribution < -0.4 is 4.74 Å². The molecular formula is C12H12Cl2N2OS3. The SMILES string of the molecule is CCSc1nnc(SCCOc2ccc(Cl)cc2Cl)s1. The highest BCUT2D eigenvalue weighted by Crippen LogP contribution is 2.30. The Morgan fingerprint density at radius 1 is 1.20 bits per heavy atom. The Morgan fingerprint density at radius 2 is 1.95 bits per heavy atom. The number of nitrogens with zero attached hydrogens (tertiary/aromatic N) is 2. The molecular weight excluding hydrogens is 355 g/mol. The molecule has 0 aliphatic rings. The molecule has 0 aliphatic heterocycles. The molecule has 108 valence electrons. The fourth-order valence-corrected chi connectivity index (χ4v) is 4.58. The maximum absolute atomic E-state index is 6.02. The Bertz CT molecular complexity index is 565. The van der Waals surface area contributed by atoms with Crippen molar-refractivity contribution in [1.82, 2.24) is 10.2 Å². The summed E-state index contributed by atoms with van der Waals surface area (Å²) >= 11 is 16.8. The van der Waals surface area contributed by atoms with Gasteiger partial charge in [-0.3, -0.25) is 0 Å². The molecule has 2 aromatic rings. The van der Waals surface area contributed by atoms with Crippen molar-refractivity contribution >= 4 is 58.1 Å². The van der Waals surface area contributed by atoms with Gasteiger partial charge in [0.05, 0.1) is 11.6 Å². The highest BCUT2D eigenvalue weighted by molar-refractivity contribution is 8.03. The van der Waals surface area contributed by atoms with Crippen molar-refractivity contribution in [2.45, 2.75) is 15.6 Å². The van der Waals surface area contributed by atoms with Crippen LogP contribution in [0.25, 0.3) is 0 Å². The summed E-state index contributed by atoms with van der Waals surface area (Å²) in [5.41, 5.74) is 0. The third kappa shape index (κ3) is 5.00. The van der Waals surface area contributed by atoms with Gasteiger partial charge < -0.3 is 4.74 Å². The summed E-state index contributed by atoms with van der Waals surface area (Å²) in [5.74, 6) is 2.46. The zero-order valence-corrected chi connectivity index (χ0v) is 14.6. The number of aromatic nitrogens is 2. The van der Waals surface area contributed by atoms with Crippen LogP contribution in [0.1, 0.15) is 6.92 Å². The van der Waals surface area contributed by atoms with Crippen molar-refractivity contribution in [2.24, 2.45) is 0 Å². The number of halogens is 2. The lowest BCUT2D eigenvalue weighted by Gasteiger charge is -2.07. The van der Waals surface area contributed by atoms with Gasteiger partial charge >= 0.3 is 0 Å². The Hall–Kier alpha value is -0.140. The van der Waals surface area contributed by atoms with E-state index in [0.29, 0.717) is 22.4 Å². The average Bonchev–Trinajstić information content (AvgIpc) is 2.85. The third-order valence-corrected chi connectivity index (χ3v) is 5.68. The minimum atomic E-state index is 0.528. The second-order valence-electron chi connectivity index (χ2n) is 3.54. The largest absolute Gasteiger partial charge is 0.491 e. The van der Waals surface area contributed by atoms with E-state index in [4.69, 9.17) is 27.9 Å². The molecule has 0 fully saturated rings. The molecule has 0 N–H and O–H groups in total. The molecule has 3 nitrogen and oxygen atoms in total. The van der Waals surface area contributed by atoms with Gasteiger partial charge in [0.1, 0.15) is 5.75 Å². The molecule has 20 heavy (non-hydrogen) atoms. The Labute approximate surface area is 140 Å². The van der Waals surface area contributed by atoms with Gasteiger partial charge in [0, 0.05) is 10.8 Å². The Morgan fingerprint density at radius 3 is 2.65 bits per heavy atom.